The number of carbonyl (C=O) groups is 3. The second kappa shape index (κ2) is 4.39. The van der Waals surface area contributed by atoms with Gasteiger partial charge in [0.25, 0.3) is 0 Å². The predicted molar refractivity (Wildman–Crippen MR) is 82.0 cm³/mol. The van der Waals surface area contributed by atoms with Crippen molar-refractivity contribution in [1.82, 2.24) is 0 Å². The summed E-state index contributed by atoms with van der Waals surface area (Å²) < 4.78 is 0. The average Bonchev–Trinajstić information content (AvgIpc) is 2.75. The van der Waals surface area contributed by atoms with Crippen molar-refractivity contribution in [2.45, 2.75) is 52.4 Å². The molecule has 0 aromatic rings. The Morgan fingerprint density at radius 3 is 2.64 bits per heavy atom. The molecule has 0 amide bonds. The smallest absolute Gasteiger partial charge is 0.162 e. The minimum atomic E-state index is -0.526. The molecule has 0 aromatic carbocycles. The van der Waals surface area contributed by atoms with Crippen LogP contribution >= 0.6 is 0 Å². The zero-order valence-electron chi connectivity index (χ0n) is 13.4. The monoisotopic (exact) mass is 300 g/mol. The molecule has 3 nitrogen and oxygen atoms in total. The molecule has 0 unspecified atom stereocenters. The van der Waals surface area contributed by atoms with E-state index in [4.69, 9.17) is 0 Å². The summed E-state index contributed by atoms with van der Waals surface area (Å²) in [7, 11) is 0. The molecule has 0 bridgehead atoms. The Labute approximate surface area is 131 Å². The molecule has 6 atom stereocenters. The van der Waals surface area contributed by atoms with E-state index in [0.717, 1.165) is 25.7 Å². The lowest BCUT2D eigenvalue weighted by Gasteiger charge is -2.56. The van der Waals surface area contributed by atoms with Crippen molar-refractivity contribution in [3.05, 3.63) is 12.2 Å². The van der Waals surface area contributed by atoms with Gasteiger partial charge in [-0.2, -0.15) is 0 Å². The highest BCUT2D eigenvalue weighted by Gasteiger charge is 2.64. The lowest BCUT2D eigenvalue weighted by molar-refractivity contribution is -0.162. The van der Waals surface area contributed by atoms with E-state index in [1.54, 1.807) is 6.08 Å². The highest BCUT2D eigenvalue weighted by molar-refractivity contribution is 6.02. The molecule has 0 aromatic heterocycles. The van der Waals surface area contributed by atoms with Gasteiger partial charge in [0.1, 0.15) is 11.6 Å². The minimum Gasteiger partial charge on any atom is -0.299 e. The van der Waals surface area contributed by atoms with Gasteiger partial charge in [-0.05, 0) is 49.5 Å². The van der Waals surface area contributed by atoms with Gasteiger partial charge in [0.2, 0.25) is 0 Å². The molecule has 3 saturated carbocycles. The standard InChI is InChI=1S/C19H24O3/c1-18-10-14(20)17-12(13(18)8-9-15(18)21)7-6-11-4-3-5-16(22)19(11,17)2/h3,5,11-13,17H,4,6-10H2,1-2H3/t11-,12-,13-,17+,18-,19+/m0/s1. The van der Waals surface area contributed by atoms with E-state index < -0.39 is 10.8 Å². The summed E-state index contributed by atoms with van der Waals surface area (Å²) in [6, 6.07) is 0. The fraction of sp³-hybridized carbons (Fsp3) is 0.737. The molecule has 3 fully saturated rings. The molecule has 4 aliphatic carbocycles. The van der Waals surface area contributed by atoms with Crippen LogP contribution in [-0.4, -0.2) is 17.3 Å². The van der Waals surface area contributed by atoms with E-state index >= 15 is 0 Å². The quantitative estimate of drug-likeness (QED) is 0.690. The number of Topliss-reactive ketones (excluding diaryl/α,β-unsaturated/α-hetero) is 2. The van der Waals surface area contributed by atoms with Crippen LogP contribution in [0.15, 0.2) is 12.2 Å². The van der Waals surface area contributed by atoms with Crippen molar-refractivity contribution in [3.63, 3.8) is 0 Å². The highest BCUT2D eigenvalue weighted by atomic mass is 16.1. The summed E-state index contributed by atoms with van der Waals surface area (Å²) >= 11 is 0. The van der Waals surface area contributed by atoms with Crippen molar-refractivity contribution in [2.24, 2.45) is 34.5 Å². The molecule has 118 valence electrons. The van der Waals surface area contributed by atoms with Crippen LogP contribution in [0.2, 0.25) is 0 Å². The summed E-state index contributed by atoms with van der Waals surface area (Å²) in [4.78, 5) is 38.0. The Bertz CT molecular complexity index is 604. The maximum Gasteiger partial charge on any atom is 0.162 e. The topological polar surface area (TPSA) is 51.2 Å². The van der Waals surface area contributed by atoms with Crippen molar-refractivity contribution in [3.8, 4) is 0 Å². The van der Waals surface area contributed by atoms with Gasteiger partial charge in [-0.1, -0.05) is 19.9 Å². The molecular weight excluding hydrogens is 276 g/mol. The third-order valence-electron chi connectivity index (χ3n) is 7.53. The van der Waals surface area contributed by atoms with E-state index in [2.05, 4.69) is 0 Å². The van der Waals surface area contributed by atoms with E-state index in [1.165, 1.54) is 0 Å². The summed E-state index contributed by atoms with van der Waals surface area (Å²) in [5.74, 6) is 1.26. The van der Waals surface area contributed by atoms with Crippen LogP contribution < -0.4 is 0 Å². The summed E-state index contributed by atoms with van der Waals surface area (Å²) in [5, 5.41) is 0. The largest absolute Gasteiger partial charge is 0.299 e. The highest BCUT2D eigenvalue weighted by Crippen LogP contribution is 2.62. The lowest BCUT2D eigenvalue weighted by Crippen LogP contribution is -2.59. The molecule has 22 heavy (non-hydrogen) atoms. The molecule has 0 spiro atoms. The van der Waals surface area contributed by atoms with Crippen molar-refractivity contribution in [1.29, 1.82) is 0 Å². The molecule has 0 radical (unpaired) electrons. The van der Waals surface area contributed by atoms with Gasteiger partial charge in [0.05, 0.1) is 0 Å². The number of ketones is 3. The molecule has 4 aliphatic rings. The molecular formula is C19H24O3. The van der Waals surface area contributed by atoms with Crippen LogP contribution in [0.4, 0.5) is 0 Å². The SMILES string of the molecule is C[C@]12C(=O)C=CC[C@H]1CC[C@@H]1[C@@H]2C(=O)C[C@]2(C)C(=O)CC[C@@H]12. The van der Waals surface area contributed by atoms with Crippen molar-refractivity contribution < 1.29 is 14.4 Å². The normalized spacial score (nSPS) is 50.5. The molecule has 0 N–H and O–H groups in total. The molecule has 0 aliphatic heterocycles. The van der Waals surface area contributed by atoms with Gasteiger partial charge in [-0.15, -0.1) is 0 Å². The Kier molecular flexibility index (Phi) is 2.87. The zero-order chi connectivity index (χ0) is 15.7. The third-order valence-corrected chi connectivity index (χ3v) is 7.53. The number of hydrogen-bond donors (Lipinski definition) is 0. The fourth-order valence-electron chi connectivity index (χ4n) is 6.29. The van der Waals surface area contributed by atoms with E-state index in [0.29, 0.717) is 24.7 Å². The summed E-state index contributed by atoms with van der Waals surface area (Å²) in [6.45, 7) is 4.02. The number of carbonyl (C=O) groups excluding carboxylic acids is 3. The molecule has 0 saturated heterocycles. The molecule has 4 rings (SSSR count). The Balaban J connectivity index is 1.79. The van der Waals surface area contributed by atoms with Crippen molar-refractivity contribution in [2.75, 3.05) is 0 Å². The van der Waals surface area contributed by atoms with Crippen molar-refractivity contribution >= 4 is 17.3 Å². The van der Waals surface area contributed by atoms with Gasteiger partial charge in [0, 0.05) is 29.6 Å². The molecule has 3 heteroatoms. The van der Waals surface area contributed by atoms with Gasteiger partial charge < -0.3 is 0 Å². The van der Waals surface area contributed by atoms with Gasteiger partial charge in [-0.3, -0.25) is 14.4 Å². The maximum absolute atomic E-state index is 13.0. The number of hydrogen-bond acceptors (Lipinski definition) is 3. The second-order valence-electron chi connectivity index (χ2n) is 8.33. The minimum absolute atomic E-state index is 0.139. The fourth-order valence-corrected chi connectivity index (χ4v) is 6.29. The first-order valence-corrected chi connectivity index (χ1v) is 8.66. The van der Waals surface area contributed by atoms with Crippen LogP contribution in [-0.2, 0) is 14.4 Å². The van der Waals surface area contributed by atoms with Crippen LogP contribution in [0.1, 0.15) is 52.4 Å². The Hall–Kier alpha value is -1.25. The number of allylic oxidation sites excluding steroid dienone is 2. The Morgan fingerprint density at radius 2 is 1.86 bits per heavy atom. The van der Waals surface area contributed by atoms with Crippen LogP contribution in [0.5, 0.6) is 0 Å². The lowest BCUT2D eigenvalue weighted by atomic mass is 9.45. The van der Waals surface area contributed by atoms with Gasteiger partial charge in [0.15, 0.2) is 5.78 Å². The summed E-state index contributed by atoms with van der Waals surface area (Å²) in [6.07, 6.45) is 8.50. The van der Waals surface area contributed by atoms with Crippen LogP contribution in [0, 0.1) is 34.5 Å². The number of rotatable bonds is 0. The van der Waals surface area contributed by atoms with E-state index in [-0.39, 0.29) is 29.2 Å². The second-order valence-corrected chi connectivity index (χ2v) is 8.33. The third kappa shape index (κ3) is 1.55. The zero-order valence-corrected chi connectivity index (χ0v) is 13.4. The number of fused-ring (bicyclic) bond motifs is 5. The summed E-state index contributed by atoms with van der Waals surface area (Å²) in [5.41, 5.74) is -0.975. The average molecular weight is 300 g/mol. The molecule has 0 heterocycles. The van der Waals surface area contributed by atoms with Gasteiger partial charge in [-0.25, -0.2) is 0 Å². The van der Waals surface area contributed by atoms with Crippen LogP contribution in [0.25, 0.3) is 0 Å². The predicted octanol–water partition coefficient (Wildman–Crippen LogP) is 3.12. The van der Waals surface area contributed by atoms with Crippen LogP contribution in [0.3, 0.4) is 0 Å². The first-order valence-electron chi connectivity index (χ1n) is 8.66. The van der Waals surface area contributed by atoms with E-state index in [9.17, 15) is 14.4 Å². The van der Waals surface area contributed by atoms with E-state index in [1.807, 2.05) is 19.9 Å². The van der Waals surface area contributed by atoms with Gasteiger partial charge >= 0.3 is 0 Å². The Morgan fingerprint density at radius 1 is 1.09 bits per heavy atom. The first-order chi connectivity index (χ1) is 10.4. The first kappa shape index (κ1) is 14.3. The maximum atomic E-state index is 13.0.